The molecule has 0 saturated carbocycles. The predicted octanol–water partition coefficient (Wildman–Crippen LogP) is 1.75. The second-order valence-electron chi connectivity index (χ2n) is 3.81. The van der Waals surface area contributed by atoms with E-state index in [0.717, 1.165) is 5.75 Å². The van der Waals surface area contributed by atoms with Gasteiger partial charge in [-0.2, -0.15) is 0 Å². The molecule has 2 rings (SSSR count). The molecule has 0 unspecified atom stereocenters. The molecule has 3 heteroatoms. The fourth-order valence-corrected chi connectivity index (χ4v) is 1.56. The number of aryl methyl sites for hydroxylation is 1. The molecule has 0 spiro atoms. The van der Waals surface area contributed by atoms with Crippen LogP contribution in [0.5, 0.6) is 5.75 Å². The topological polar surface area (TPSA) is 30.2 Å². The van der Waals surface area contributed by atoms with Gasteiger partial charge in [0.25, 0.3) is 0 Å². The molecule has 0 bridgehead atoms. The van der Waals surface area contributed by atoms with Crippen LogP contribution in [0.2, 0.25) is 0 Å². The highest BCUT2D eigenvalue weighted by molar-refractivity contribution is 6.08. The van der Waals surface area contributed by atoms with Crippen molar-refractivity contribution in [3.05, 3.63) is 59.9 Å². The largest absolute Gasteiger partial charge is 0.497 e. The van der Waals surface area contributed by atoms with E-state index in [-0.39, 0.29) is 5.78 Å². The minimum absolute atomic E-state index is 0.0215. The van der Waals surface area contributed by atoms with Crippen LogP contribution in [-0.4, -0.2) is 12.9 Å². The highest BCUT2D eigenvalue weighted by Crippen LogP contribution is 2.14. The van der Waals surface area contributed by atoms with Gasteiger partial charge >= 0.3 is 0 Å². The Morgan fingerprint density at radius 3 is 2.06 bits per heavy atom. The fraction of sp³-hybridized carbons (Fsp3) is 0.143. The Morgan fingerprint density at radius 1 is 1.00 bits per heavy atom. The number of hydrogen-bond acceptors (Lipinski definition) is 2. The van der Waals surface area contributed by atoms with Crippen LogP contribution in [-0.2, 0) is 7.05 Å². The van der Waals surface area contributed by atoms with Gasteiger partial charge in [0.05, 0.1) is 7.11 Å². The van der Waals surface area contributed by atoms with Gasteiger partial charge in [-0.25, -0.2) is 4.57 Å². The third kappa shape index (κ3) is 2.50. The molecule has 3 nitrogen and oxygen atoms in total. The maximum Gasteiger partial charge on any atom is 0.193 e. The van der Waals surface area contributed by atoms with Gasteiger partial charge in [-0.15, -0.1) is 0 Å². The number of ketones is 1. The van der Waals surface area contributed by atoms with Crippen molar-refractivity contribution in [3.63, 3.8) is 0 Å². The molecule has 0 aliphatic carbocycles. The summed E-state index contributed by atoms with van der Waals surface area (Å²) in [5.41, 5.74) is 1.35. The maximum absolute atomic E-state index is 12.1. The highest BCUT2D eigenvalue weighted by atomic mass is 16.5. The Morgan fingerprint density at radius 2 is 1.53 bits per heavy atom. The lowest BCUT2D eigenvalue weighted by Crippen LogP contribution is -2.26. The second-order valence-corrected chi connectivity index (χ2v) is 3.81. The Kier molecular flexibility index (Phi) is 3.19. The molecular weight excluding hydrogens is 214 g/mol. The van der Waals surface area contributed by atoms with Gasteiger partial charge in [-0.05, 0) is 24.3 Å². The van der Waals surface area contributed by atoms with Crippen molar-refractivity contribution >= 4 is 5.78 Å². The zero-order valence-electron chi connectivity index (χ0n) is 9.88. The smallest absolute Gasteiger partial charge is 0.193 e. The molecule has 1 aromatic carbocycles. The number of carbonyl (C=O) groups excluding carboxylic acids is 1. The number of nitrogens with zero attached hydrogens (tertiary/aromatic N) is 1. The lowest BCUT2D eigenvalue weighted by molar-refractivity contribution is -0.671. The molecule has 0 radical (unpaired) electrons. The van der Waals surface area contributed by atoms with Crippen molar-refractivity contribution in [2.75, 3.05) is 7.11 Å². The molecule has 0 amide bonds. The fourth-order valence-electron chi connectivity index (χ4n) is 1.56. The van der Waals surface area contributed by atoms with E-state index < -0.39 is 0 Å². The summed E-state index contributed by atoms with van der Waals surface area (Å²) in [4.78, 5) is 12.1. The molecule has 0 atom stereocenters. The SMILES string of the molecule is COc1ccc(C(=O)c2cc[n+](C)cc2)cc1. The molecule has 0 saturated heterocycles. The maximum atomic E-state index is 12.1. The van der Waals surface area contributed by atoms with E-state index in [4.69, 9.17) is 4.74 Å². The molecule has 1 heterocycles. The number of hydrogen-bond donors (Lipinski definition) is 0. The summed E-state index contributed by atoms with van der Waals surface area (Å²) in [5.74, 6) is 0.772. The summed E-state index contributed by atoms with van der Waals surface area (Å²) in [6, 6.07) is 10.7. The summed E-state index contributed by atoms with van der Waals surface area (Å²) < 4.78 is 6.95. The monoisotopic (exact) mass is 228 g/mol. The predicted molar refractivity (Wildman–Crippen MR) is 64.0 cm³/mol. The quantitative estimate of drug-likeness (QED) is 0.592. The molecule has 0 aliphatic rings. The summed E-state index contributed by atoms with van der Waals surface area (Å²) in [6.45, 7) is 0. The zero-order valence-corrected chi connectivity index (χ0v) is 9.88. The first-order valence-corrected chi connectivity index (χ1v) is 5.35. The van der Waals surface area contributed by atoms with Crippen LogP contribution >= 0.6 is 0 Å². The molecule has 17 heavy (non-hydrogen) atoms. The van der Waals surface area contributed by atoms with E-state index in [0.29, 0.717) is 11.1 Å². The lowest BCUT2D eigenvalue weighted by Gasteiger charge is -2.02. The van der Waals surface area contributed by atoms with Crippen LogP contribution in [0.1, 0.15) is 15.9 Å². The van der Waals surface area contributed by atoms with E-state index in [9.17, 15) is 4.79 Å². The van der Waals surface area contributed by atoms with E-state index in [1.54, 1.807) is 31.4 Å². The van der Waals surface area contributed by atoms with Crippen molar-refractivity contribution in [1.82, 2.24) is 0 Å². The van der Waals surface area contributed by atoms with Crippen molar-refractivity contribution in [3.8, 4) is 5.75 Å². The number of carbonyl (C=O) groups is 1. The van der Waals surface area contributed by atoms with E-state index in [1.807, 2.05) is 36.1 Å². The molecule has 1 aromatic heterocycles. The summed E-state index contributed by atoms with van der Waals surface area (Å²) in [5, 5.41) is 0. The molecule has 0 fully saturated rings. The van der Waals surface area contributed by atoms with Crippen molar-refractivity contribution < 1.29 is 14.1 Å². The lowest BCUT2D eigenvalue weighted by atomic mass is 10.0. The minimum Gasteiger partial charge on any atom is -0.497 e. The Hall–Kier alpha value is -2.16. The van der Waals surface area contributed by atoms with Crippen LogP contribution in [0, 0.1) is 0 Å². The Labute approximate surface area is 100 Å². The number of ether oxygens (including phenoxy) is 1. The van der Waals surface area contributed by atoms with Crippen LogP contribution < -0.4 is 9.30 Å². The van der Waals surface area contributed by atoms with Crippen LogP contribution in [0.3, 0.4) is 0 Å². The Balaban J connectivity index is 2.27. The van der Waals surface area contributed by atoms with Crippen molar-refractivity contribution in [2.45, 2.75) is 0 Å². The first-order valence-electron chi connectivity index (χ1n) is 5.35. The normalized spacial score (nSPS) is 10.0. The molecule has 2 aromatic rings. The van der Waals surface area contributed by atoms with Gasteiger partial charge in [0.2, 0.25) is 0 Å². The van der Waals surface area contributed by atoms with E-state index in [1.165, 1.54) is 0 Å². The average Bonchev–Trinajstić information content (AvgIpc) is 2.39. The first kappa shape index (κ1) is 11.3. The van der Waals surface area contributed by atoms with Gasteiger partial charge in [0.15, 0.2) is 18.2 Å². The van der Waals surface area contributed by atoms with E-state index in [2.05, 4.69) is 0 Å². The second kappa shape index (κ2) is 4.78. The molecule has 0 aliphatic heterocycles. The zero-order chi connectivity index (χ0) is 12.3. The van der Waals surface area contributed by atoms with Crippen LogP contribution in [0.25, 0.3) is 0 Å². The summed E-state index contributed by atoms with van der Waals surface area (Å²) >= 11 is 0. The molecule has 0 N–H and O–H groups in total. The van der Waals surface area contributed by atoms with Crippen molar-refractivity contribution in [1.29, 1.82) is 0 Å². The van der Waals surface area contributed by atoms with Crippen LogP contribution in [0.15, 0.2) is 48.8 Å². The molecule has 86 valence electrons. The number of benzene rings is 1. The van der Waals surface area contributed by atoms with Crippen molar-refractivity contribution in [2.24, 2.45) is 7.05 Å². The standard InChI is InChI=1S/C14H14NO2/c1-15-9-7-12(8-10-15)14(16)11-3-5-13(17-2)6-4-11/h3-10H,1-2H3/q+1. The van der Waals surface area contributed by atoms with Gasteiger partial charge in [0, 0.05) is 23.3 Å². The minimum atomic E-state index is 0.0215. The van der Waals surface area contributed by atoms with E-state index >= 15 is 0 Å². The van der Waals surface area contributed by atoms with Gasteiger partial charge in [-0.1, -0.05) is 0 Å². The van der Waals surface area contributed by atoms with Gasteiger partial charge < -0.3 is 4.74 Å². The Bertz CT molecular complexity index is 515. The number of rotatable bonds is 3. The summed E-state index contributed by atoms with van der Waals surface area (Å²) in [7, 11) is 3.52. The number of aromatic nitrogens is 1. The summed E-state index contributed by atoms with van der Waals surface area (Å²) in [6.07, 6.45) is 3.72. The highest BCUT2D eigenvalue weighted by Gasteiger charge is 2.09. The third-order valence-corrected chi connectivity index (χ3v) is 2.59. The average molecular weight is 228 g/mol. The van der Waals surface area contributed by atoms with Crippen LogP contribution in [0.4, 0.5) is 0 Å². The number of pyridine rings is 1. The molecular formula is C14H14NO2+. The third-order valence-electron chi connectivity index (χ3n) is 2.59. The first-order chi connectivity index (χ1) is 8.20. The van der Waals surface area contributed by atoms with Gasteiger partial charge in [-0.3, -0.25) is 4.79 Å². The van der Waals surface area contributed by atoms with Gasteiger partial charge in [0.1, 0.15) is 12.8 Å². The number of methoxy groups -OCH3 is 1.